The van der Waals surface area contributed by atoms with Crippen LogP contribution in [0.3, 0.4) is 0 Å². The molecule has 1 saturated heterocycles. The average molecular weight is 458 g/mol. The van der Waals surface area contributed by atoms with Crippen molar-refractivity contribution < 1.29 is 9.18 Å². The quantitative estimate of drug-likeness (QED) is 0.471. The first kappa shape index (κ1) is 21.9. The smallest absolute Gasteiger partial charge is 0.278 e. The molecule has 2 aromatic heterocycles. The molecule has 1 amide bonds. The van der Waals surface area contributed by atoms with E-state index in [2.05, 4.69) is 21.0 Å². The summed E-state index contributed by atoms with van der Waals surface area (Å²) in [6.45, 7) is 4.69. The van der Waals surface area contributed by atoms with Crippen LogP contribution in [0.4, 0.5) is 4.39 Å². The minimum absolute atomic E-state index is 0.194. The minimum Gasteiger partial charge on any atom is -0.335 e. The first-order chi connectivity index (χ1) is 16.5. The van der Waals surface area contributed by atoms with Crippen molar-refractivity contribution in [1.82, 2.24) is 24.6 Å². The predicted molar refractivity (Wildman–Crippen MR) is 127 cm³/mol. The second-order valence-corrected chi connectivity index (χ2v) is 8.42. The zero-order chi connectivity index (χ0) is 23.7. The van der Waals surface area contributed by atoms with E-state index in [4.69, 9.17) is 0 Å². The second kappa shape index (κ2) is 9.15. The molecule has 0 atom stereocenters. The molecular weight excluding hydrogens is 433 g/mol. The van der Waals surface area contributed by atoms with Crippen LogP contribution < -0.4 is 5.43 Å². The Kier molecular flexibility index (Phi) is 5.90. The number of aryl methyl sites for hydroxylation is 1. The summed E-state index contributed by atoms with van der Waals surface area (Å²) in [6, 6.07) is 17.6. The lowest BCUT2D eigenvalue weighted by Crippen LogP contribution is -2.49. The van der Waals surface area contributed by atoms with Crippen molar-refractivity contribution in [2.75, 3.05) is 26.2 Å². The Morgan fingerprint density at radius 3 is 2.56 bits per heavy atom. The molecule has 0 spiro atoms. The molecule has 1 aliphatic rings. The summed E-state index contributed by atoms with van der Waals surface area (Å²) in [6.07, 6.45) is 1.80. The van der Waals surface area contributed by atoms with Crippen LogP contribution in [-0.2, 0) is 6.54 Å². The van der Waals surface area contributed by atoms with Crippen LogP contribution in [0.2, 0.25) is 0 Å². The van der Waals surface area contributed by atoms with Gasteiger partial charge in [-0.2, -0.15) is 5.10 Å². The number of para-hydroxylation sites is 2. The first-order valence-corrected chi connectivity index (χ1v) is 11.2. The predicted octanol–water partition coefficient (Wildman–Crippen LogP) is 3.19. The summed E-state index contributed by atoms with van der Waals surface area (Å²) in [7, 11) is 0. The lowest BCUT2D eigenvalue weighted by atomic mass is 10.1. The molecule has 1 aliphatic heterocycles. The van der Waals surface area contributed by atoms with Gasteiger partial charge in [0.25, 0.3) is 5.91 Å². The number of hydrogen-bond donors (Lipinski definition) is 0. The van der Waals surface area contributed by atoms with Crippen molar-refractivity contribution in [2.45, 2.75) is 13.5 Å². The van der Waals surface area contributed by atoms with Gasteiger partial charge in [-0.1, -0.05) is 36.4 Å². The number of fused-ring (bicyclic) bond motifs is 1. The van der Waals surface area contributed by atoms with Gasteiger partial charge in [0.1, 0.15) is 11.5 Å². The third-order valence-electron chi connectivity index (χ3n) is 6.16. The van der Waals surface area contributed by atoms with E-state index >= 15 is 0 Å². The largest absolute Gasteiger partial charge is 0.335 e. The molecule has 2 aromatic carbocycles. The number of aromatic nitrogens is 3. The standard InChI is InChI=1S/C26H24FN5O2/c1-18-16-23(33)25(29-32(18)22-10-3-2-9-21(22)27)26(34)31-14-12-30(13-15-31)17-20-7-4-6-19-8-5-11-28-24(19)20/h2-11,16H,12-15,17H2,1H3. The Morgan fingerprint density at radius 1 is 1.00 bits per heavy atom. The van der Waals surface area contributed by atoms with Gasteiger partial charge in [0, 0.05) is 56.1 Å². The van der Waals surface area contributed by atoms with Crippen LogP contribution in [0, 0.1) is 12.7 Å². The van der Waals surface area contributed by atoms with Crippen LogP contribution in [0.15, 0.2) is 71.7 Å². The zero-order valence-electron chi connectivity index (χ0n) is 18.8. The van der Waals surface area contributed by atoms with E-state index < -0.39 is 17.2 Å². The highest BCUT2D eigenvalue weighted by Gasteiger charge is 2.26. The highest BCUT2D eigenvalue weighted by molar-refractivity contribution is 5.92. The van der Waals surface area contributed by atoms with Crippen LogP contribution in [0.5, 0.6) is 0 Å². The first-order valence-electron chi connectivity index (χ1n) is 11.2. The van der Waals surface area contributed by atoms with E-state index in [1.807, 2.05) is 24.3 Å². The van der Waals surface area contributed by atoms with Gasteiger partial charge < -0.3 is 4.90 Å². The van der Waals surface area contributed by atoms with Gasteiger partial charge >= 0.3 is 0 Å². The fraction of sp³-hybridized carbons (Fsp3) is 0.231. The van der Waals surface area contributed by atoms with Gasteiger partial charge in [-0.25, -0.2) is 9.07 Å². The molecule has 7 nitrogen and oxygen atoms in total. The molecule has 0 unspecified atom stereocenters. The fourth-order valence-electron chi connectivity index (χ4n) is 4.36. The Balaban J connectivity index is 1.32. The normalized spacial score (nSPS) is 14.5. The number of halogens is 1. The number of hydrogen-bond acceptors (Lipinski definition) is 5. The molecule has 0 aliphatic carbocycles. The molecule has 0 bridgehead atoms. The summed E-state index contributed by atoms with van der Waals surface area (Å²) in [4.78, 5) is 34.2. The van der Waals surface area contributed by atoms with Crippen molar-refractivity contribution in [2.24, 2.45) is 0 Å². The summed E-state index contributed by atoms with van der Waals surface area (Å²) in [5.74, 6) is -0.904. The Hall–Kier alpha value is -3.91. The van der Waals surface area contributed by atoms with Gasteiger partial charge in [-0.15, -0.1) is 0 Å². The second-order valence-electron chi connectivity index (χ2n) is 8.42. The Morgan fingerprint density at radius 2 is 1.76 bits per heavy atom. The summed E-state index contributed by atoms with van der Waals surface area (Å²) in [5, 5.41) is 5.35. The van der Waals surface area contributed by atoms with Crippen LogP contribution in [0.1, 0.15) is 21.7 Å². The topological polar surface area (TPSA) is 71.3 Å². The summed E-state index contributed by atoms with van der Waals surface area (Å²) in [5.41, 5.74) is 2.13. The Labute approximate surface area is 196 Å². The van der Waals surface area contributed by atoms with Gasteiger partial charge in [0.2, 0.25) is 5.43 Å². The number of carbonyl (C=O) groups is 1. The molecule has 0 saturated carbocycles. The van der Waals surface area contributed by atoms with Crippen molar-refractivity contribution in [3.8, 4) is 5.69 Å². The van der Waals surface area contributed by atoms with E-state index in [0.717, 1.165) is 23.0 Å². The molecule has 172 valence electrons. The molecule has 34 heavy (non-hydrogen) atoms. The maximum absolute atomic E-state index is 14.3. The lowest BCUT2D eigenvalue weighted by molar-refractivity contribution is 0.0619. The number of carbonyl (C=O) groups excluding carboxylic acids is 1. The maximum Gasteiger partial charge on any atom is 0.278 e. The number of nitrogens with zero attached hydrogens (tertiary/aromatic N) is 5. The van der Waals surface area contributed by atoms with Crippen LogP contribution in [-0.4, -0.2) is 56.7 Å². The van der Waals surface area contributed by atoms with E-state index in [1.54, 1.807) is 36.2 Å². The number of rotatable bonds is 4. The molecule has 0 N–H and O–H groups in total. The van der Waals surface area contributed by atoms with Gasteiger partial charge in [0.15, 0.2) is 5.69 Å². The van der Waals surface area contributed by atoms with Crippen molar-refractivity contribution in [3.63, 3.8) is 0 Å². The number of amides is 1. The monoisotopic (exact) mass is 457 g/mol. The van der Waals surface area contributed by atoms with Crippen LogP contribution in [0.25, 0.3) is 16.6 Å². The number of pyridine rings is 1. The van der Waals surface area contributed by atoms with E-state index in [9.17, 15) is 14.0 Å². The van der Waals surface area contributed by atoms with Crippen molar-refractivity contribution in [1.29, 1.82) is 0 Å². The third-order valence-corrected chi connectivity index (χ3v) is 6.16. The van der Waals surface area contributed by atoms with Crippen molar-refractivity contribution in [3.05, 3.63) is 99.9 Å². The highest BCUT2D eigenvalue weighted by Crippen LogP contribution is 2.19. The minimum atomic E-state index is -0.475. The lowest BCUT2D eigenvalue weighted by Gasteiger charge is -2.34. The van der Waals surface area contributed by atoms with E-state index in [1.165, 1.54) is 16.8 Å². The van der Waals surface area contributed by atoms with E-state index in [-0.39, 0.29) is 11.4 Å². The fourth-order valence-corrected chi connectivity index (χ4v) is 4.36. The molecule has 1 fully saturated rings. The number of piperazine rings is 1. The number of benzene rings is 2. The van der Waals surface area contributed by atoms with Gasteiger partial charge in [0.05, 0.1) is 5.52 Å². The molecular formula is C26H24FN5O2. The summed E-state index contributed by atoms with van der Waals surface area (Å²) >= 11 is 0. The third kappa shape index (κ3) is 4.20. The van der Waals surface area contributed by atoms with Gasteiger partial charge in [-0.05, 0) is 30.7 Å². The van der Waals surface area contributed by atoms with Crippen LogP contribution >= 0.6 is 0 Å². The molecule has 0 radical (unpaired) electrons. The SMILES string of the molecule is Cc1cc(=O)c(C(=O)N2CCN(Cc3cccc4cccnc34)CC2)nn1-c1ccccc1F. The van der Waals surface area contributed by atoms with E-state index in [0.29, 0.717) is 31.9 Å². The Bertz CT molecular complexity index is 1420. The molecule has 4 aromatic rings. The van der Waals surface area contributed by atoms with Gasteiger partial charge in [-0.3, -0.25) is 19.5 Å². The molecule has 5 rings (SSSR count). The zero-order valence-corrected chi connectivity index (χ0v) is 18.8. The summed E-state index contributed by atoms with van der Waals surface area (Å²) < 4.78 is 15.6. The molecule has 3 heterocycles. The average Bonchev–Trinajstić information content (AvgIpc) is 2.85. The molecule has 8 heteroatoms. The highest BCUT2D eigenvalue weighted by atomic mass is 19.1. The maximum atomic E-state index is 14.3. The van der Waals surface area contributed by atoms with Crippen molar-refractivity contribution >= 4 is 16.8 Å².